The molecule has 2 heterocycles. The topological polar surface area (TPSA) is 49.4 Å². The Balaban J connectivity index is 1.92. The molecule has 0 spiro atoms. The molecule has 1 aliphatic rings. The van der Waals surface area contributed by atoms with Crippen LogP contribution in [0.3, 0.4) is 0 Å². The third kappa shape index (κ3) is 1.83. The van der Waals surface area contributed by atoms with E-state index in [0.29, 0.717) is 19.4 Å². The lowest BCUT2D eigenvalue weighted by molar-refractivity contribution is -0.142. The fraction of sp³-hybridized carbons (Fsp3) is 0.333. The minimum absolute atomic E-state index is 0.133. The summed E-state index contributed by atoms with van der Waals surface area (Å²) >= 11 is 1.60. The number of rotatable bonds is 3. The molecule has 0 saturated carbocycles. The molecule has 14 heavy (non-hydrogen) atoms. The first kappa shape index (κ1) is 9.36. The predicted octanol–water partition coefficient (Wildman–Crippen LogP) is 0.902. The first-order valence-corrected chi connectivity index (χ1v) is 5.27. The molecular weight excluding hydrogens is 200 g/mol. The van der Waals surface area contributed by atoms with E-state index in [2.05, 4.69) is 5.43 Å². The van der Waals surface area contributed by atoms with Crippen LogP contribution in [0, 0.1) is 0 Å². The van der Waals surface area contributed by atoms with Crippen LogP contribution in [0.4, 0.5) is 0 Å². The zero-order valence-electron chi connectivity index (χ0n) is 7.53. The van der Waals surface area contributed by atoms with Crippen molar-refractivity contribution in [2.24, 2.45) is 0 Å². The molecule has 4 nitrogen and oxygen atoms in total. The van der Waals surface area contributed by atoms with Crippen LogP contribution in [0.25, 0.3) is 0 Å². The first-order chi connectivity index (χ1) is 6.77. The lowest BCUT2D eigenvalue weighted by atomic mass is 10.4. The Morgan fingerprint density at radius 3 is 2.64 bits per heavy atom. The SMILES string of the molecule is O=C1CCC(=O)N1NCc1cccs1. The van der Waals surface area contributed by atoms with Crippen LogP contribution in [-0.2, 0) is 16.1 Å². The van der Waals surface area contributed by atoms with E-state index >= 15 is 0 Å². The van der Waals surface area contributed by atoms with Crippen LogP contribution >= 0.6 is 11.3 Å². The van der Waals surface area contributed by atoms with Crippen molar-refractivity contribution in [3.8, 4) is 0 Å². The van der Waals surface area contributed by atoms with Crippen LogP contribution in [0.5, 0.6) is 0 Å². The number of hydrogen-bond donors (Lipinski definition) is 1. The fourth-order valence-corrected chi connectivity index (χ4v) is 1.96. The Morgan fingerprint density at radius 2 is 2.07 bits per heavy atom. The van der Waals surface area contributed by atoms with Gasteiger partial charge >= 0.3 is 0 Å². The molecule has 0 atom stereocenters. The minimum Gasteiger partial charge on any atom is -0.273 e. The fourth-order valence-electron chi connectivity index (χ4n) is 1.32. The number of thiophene rings is 1. The molecule has 0 unspecified atom stereocenters. The largest absolute Gasteiger partial charge is 0.273 e. The van der Waals surface area contributed by atoms with Gasteiger partial charge in [0.05, 0.1) is 6.54 Å². The molecule has 0 aromatic carbocycles. The summed E-state index contributed by atoms with van der Waals surface area (Å²) in [5.74, 6) is -0.266. The molecule has 5 heteroatoms. The molecule has 0 bridgehead atoms. The Bertz CT molecular complexity index is 332. The maximum atomic E-state index is 11.2. The quantitative estimate of drug-likeness (QED) is 0.754. The molecule has 2 amide bonds. The van der Waals surface area contributed by atoms with Crippen LogP contribution in [0.1, 0.15) is 17.7 Å². The van der Waals surface area contributed by atoms with Crippen molar-refractivity contribution in [3.63, 3.8) is 0 Å². The Kier molecular flexibility index (Phi) is 2.60. The highest BCUT2D eigenvalue weighted by Gasteiger charge is 2.28. The number of imide groups is 1. The zero-order valence-corrected chi connectivity index (χ0v) is 8.34. The van der Waals surface area contributed by atoms with E-state index in [9.17, 15) is 9.59 Å². The van der Waals surface area contributed by atoms with Gasteiger partial charge in [0.2, 0.25) is 11.8 Å². The average molecular weight is 210 g/mol. The molecule has 0 radical (unpaired) electrons. The minimum atomic E-state index is -0.133. The van der Waals surface area contributed by atoms with Crippen molar-refractivity contribution >= 4 is 23.2 Å². The normalized spacial score (nSPS) is 16.7. The lowest BCUT2D eigenvalue weighted by Crippen LogP contribution is -2.41. The molecular formula is C9H10N2O2S. The van der Waals surface area contributed by atoms with Gasteiger partial charge in [-0.25, -0.2) is 10.4 Å². The molecule has 74 valence electrons. The standard InChI is InChI=1S/C9H10N2O2S/c12-8-3-4-9(13)11(8)10-6-7-2-1-5-14-7/h1-2,5,10H,3-4,6H2. The maximum absolute atomic E-state index is 11.2. The molecule has 1 N–H and O–H groups in total. The number of nitrogens with one attached hydrogen (secondary N) is 1. The molecule has 1 aromatic heterocycles. The van der Waals surface area contributed by atoms with Gasteiger partial charge in [-0.3, -0.25) is 9.59 Å². The highest BCUT2D eigenvalue weighted by molar-refractivity contribution is 7.09. The van der Waals surface area contributed by atoms with Gasteiger partial charge < -0.3 is 0 Å². The third-order valence-corrected chi connectivity index (χ3v) is 2.92. The molecule has 0 aliphatic carbocycles. The Hall–Kier alpha value is -1.20. The van der Waals surface area contributed by atoms with Crippen LogP contribution < -0.4 is 5.43 Å². The van der Waals surface area contributed by atoms with Gasteiger partial charge in [0.25, 0.3) is 0 Å². The highest BCUT2D eigenvalue weighted by atomic mass is 32.1. The first-order valence-electron chi connectivity index (χ1n) is 4.39. The second-order valence-electron chi connectivity index (χ2n) is 3.04. The van der Waals surface area contributed by atoms with Crippen molar-refractivity contribution in [1.82, 2.24) is 10.4 Å². The van der Waals surface area contributed by atoms with E-state index in [1.54, 1.807) is 11.3 Å². The second kappa shape index (κ2) is 3.89. The molecule has 2 rings (SSSR count). The summed E-state index contributed by atoms with van der Waals surface area (Å²) in [6.07, 6.45) is 0.659. The van der Waals surface area contributed by atoms with Crippen LogP contribution in [0.2, 0.25) is 0 Å². The molecule has 1 aromatic rings. The molecule has 1 fully saturated rings. The van der Waals surface area contributed by atoms with Crippen molar-refractivity contribution in [2.75, 3.05) is 0 Å². The summed E-state index contributed by atoms with van der Waals surface area (Å²) in [4.78, 5) is 23.5. The van der Waals surface area contributed by atoms with Gasteiger partial charge in [-0.1, -0.05) is 6.07 Å². The van der Waals surface area contributed by atoms with Gasteiger partial charge in [-0.15, -0.1) is 11.3 Å². The van der Waals surface area contributed by atoms with E-state index in [0.717, 1.165) is 9.89 Å². The van der Waals surface area contributed by atoms with Crippen molar-refractivity contribution in [2.45, 2.75) is 19.4 Å². The van der Waals surface area contributed by atoms with E-state index in [1.807, 2.05) is 17.5 Å². The number of amides is 2. The predicted molar refractivity (Wildman–Crippen MR) is 52.2 cm³/mol. The number of nitrogens with zero attached hydrogens (tertiary/aromatic N) is 1. The Morgan fingerprint density at radius 1 is 1.36 bits per heavy atom. The average Bonchev–Trinajstić information content (AvgIpc) is 2.76. The summed E-state index contributed by atoms with van der Waals surface area (Å²) in [5, 5.41) is 3.09. The third-order valence-electron chi connectivity index (χ3n) is 2.04. The summed E-state index contributed by atoms with van der Waals surface area (Å²) in [7, 11) is 0. The van der Waals surface area contributed by atoms with Gasteiger partial charge in [0, 0.05) is 17.7 Å². The summed E-state index contributed by atoms with van der Waals surface area (Å²) < 4.78 is 0. The summed E-state index contributed by atoms with van der Waals surface area (Å²) in [5.41, 5.74) is 2.83. The second-order valence-corrected chi connectivity index (χ2v) is 4.07. The maximum Gasteiger partial charge on any atom is 0.244 e. The van der Waals surface area contributed by atoms with Gasteiger partial charge in [0.15, 0.2) is 0 Å². The van der Waals surface area contributed by atoms with E-state index in [1.165, 1.54) is 0 Å². The highest BCUT2D eigenvalue weighted by Crippen LogP contribution is 2.11. The molecule has 1 aliphatic heterocycles. The molecule has 1 saturated heterocycles. The monoisotopic (exact) mass is 210 g/mol. The Labute approximate surface area is 85.5 Å². The number of hydrazine groups is 1. The van der Waals surface area contributed by atoms with Gasteiger partial charge in [-0.05, 0) is 11.4 Å². The number of carbonyl (C=O) groups excluding carboxylic acids is 2. The number of carbonyl (C=O) groups is 2. The van der Waals surface area contributed by atoms with Crippen LogP contribution in [0.15, 0.2) is 17.5 Å². The van der Waals surface area contributed by atoms with Crippen molar-refractivity contribution in [3.05, 3.63) is 22.4 Å². The number of hydrogen-bond acceptors (Lipinski definition) is 4. The zero-order chi connectivity index (χ0) is 9.97. The van der Waals surface area contributed by atoms with E-state index in [4.69, 9.17) is 0 Å². The smallest absolute Gasteiger partial charge is 0.244 e. The van der Waals surface area contributed by atoms with Gasteiger partial charge in [0.1, 0.15) is 0 Å². The lowest BCUT2D eigenvalue weighted by Gasteiger charge is -2.13. The van der Waals surface area contributed by atoms with E-state index in [-0.39, 0.29) is 11.8 Å². The van der Waals surface area contributed by atoms with Gasteiger partial charge in [-0.2, -0.15) is 0 Å². The van der Waals surface area contributed by atoms with E-state index < -0.39 is 0 Å². The van der Waals surface area contributed by atoms with Crippen LogP contribution in [-0.4, -0.2) is 16.8 Å². The van der Waals surface area contributed by atoms with Crippen molar-refractivity contribution in [1.29, 1.82) is 0 Å². The van der Waals surface area contributed by atoms with Crippen molar-refractivity contribution < 1.29 is 9.59 Å². The summed E-state index contributed by atoms with van der Waals surface area (Å²) in [6.45, 7) is 0.537. The summed E-state index contributed by atoms with van der Waals surface area (Å²) in [6, 6.07) is 3.90.